The van der Waals surface area contributed by atoms with E-state index in [1.54, 1.807) is 4.90 Å². The second-order valence-electron chi connectivity index (χ2n) is 6.90. The van der Waals surface area contributed by atoms with Crippen molar-refractivity contribution >= 4 is 24.2 Å². The highest BCUT2D eigenvalue weighted by Crippen LogP contribution is 2.20. The number of carbonyl (C=O) groups excluding carboxylic acids is 2. The zero-order valence-electron chi connectivity index (χ0n) is 15.6. The maximum absolute atomic E-state index is 12.7. The number of benzene rings is 1. The van der Waals surface area contributed by atoms with Crippen molar-refractivity contribution in [2.75, 3.05) is 27.2 Å². The second kappa shape index (κ2) is 9.78. The first-order chi connectivity index (χ1) is 11.4. The van der Waals surface area contributed by atoms with Gasteiger partial charge in [-0.2, -0.15) is 0 Å². The number of rotatable bonds is 6. The SMILES string of the molecule is CNCC1CCCN1C(=O)c1ccc(CN(C)C(=O)C(C)C)cc1.Cl. The van der Waals surface area contributed by atoms with Crippen molar-refractivity contribution in [3.8, 4) is 0 Å². The number of amides is 2. The van der Waals surface area contributed by atoms with E-state index in [-0.39, 0.29) is 36.2 Å². The minimum absolute atomic E-state index is 0. The standard InChI is InChI=1S/C19H29N3O2.ClH/c1-14(2)18(23)21(4)13-15-7-9-16(10-8-15)19(24)22-11-5-6-17(22)12-20-3;/h7-10,14,17,20H,5-6,11-13H2,1-4H3;1H. The van der Waals surface area contributed by atoms with E-state index in [0.29, 0.717) is 6.54 Å². The number of halogens is 1. The fourth-order valence-electron chi connectivity index (χ4n) is 3.26. The molecule has 0 aromatic heterocycles. The molecule has 1 N–H and O–H groups in total. The van der Waals surface area contributed by atoms with Gasteiger partial charge in [0.2, 0.25) is 5.91 Å². The number of likely N-dealkylation sites (N-methyl/N-ethyl adjacent to an activating group) is 1. The minimum Gasteiger partial charge on any atom is -0.341 e. The first-order valence-corrected chi connectivity index (χ1v) is 8.73. The van der Waals surface area contributed by atoms with E-state index >= 15 is 0 Å². The highest BCUT2D eigenvalue weighted by Gasteiger charge is 2.28. The zero-order valence-corrected chi connectivity index (χ0v) is 16.4. The molecule has 1 fully saturated rings. The van der Waals surface area contributed by atoms with Crippen LogP contribution in [0.25, 0.3) is 0 Å². The van der Waals surface area contributed by atoms with Gasteiger partial charge in [-0.3, -0.25) is 9.59 Å². The quantitative estimate of drug-likeness (QED) is 0.840. The summed E-state index contributed by atoms with van der Waals surface area (Å²) < 4.78 is 0. The van der Waals surface area contributed by atoms with E-state index in [1.165, 1.54) is 0 Å². The van der Waals surface area contributed by atoms with E-state index in [1.807, 2.05) is 57.1 Å². The van der Waals surface area contributed by atoms with Gasteiger partial charge in [-0.1, -0.05) is 26.0 Å². The monoisotopic (exact) mass is 367 g/mol. The maximum Gasteiger partial charge on any atom is 0.254 e. The summed E-state index contributed by atoms with van der Waals surface area (Å²) in [5, 5.41) is 3.16. The first-order valence-electron chi connectivity index (χ1n) is 8.73. The van der Waals surface area contributed by atoms with Crippen LogP contribution in [0, 0.1) is 5.92 Å². The van der Waals surface area contributed by atoms with Crippen LogP contribution in [0.2, 0.25) is 0 Å². The molecule has 1 unspecified atom stereocenters. The van der Waals surface area contributed by atoms with Gasteiger partial charge in [0.15, 0.2) is 0 Å². The summed E-state index contributed by atoms with van der Waals surface area (Å²) in [7, 11) is 3.73. The van der Waals surface area contributed by atoms with Gasteiger partial charge in [0.05, 0.1) is 0 Å². The Morgan fingerprint density at radius 3 is 2.48 bits per heavy atom. The molecule has 1 aromatic rings. The summed E-state index contributed by atoms with van der Waals surface area (Å²) in [5.74, 6) is 0.225. The van der Waals surface area contributed by atoms with Gasteiger partial charge >= 0.3 is 0 Å². The van der Waals surface area contributed by atoms with Crippen molar-refractivity contribution in [1.29, 1.82) is 0 Å². The number of hydrogen-bond acceptors (Lipinski definition) is 3. The Bertz CT molecular complexity index is 575. The number of carbonyl (C=O) groups is 2. The molecule has 1 saturated heterocycles. The number of likely N-dealkylation sites (tertiary alicyclic amines) is 1. The van der Waals surface area contributed by atoms with Crippen molar-refractivity contribution in [1.82, 2.24) is 15.1 Å². The van der Waals surface area contributed by atoms with E-state index in [2.05, 4.69) is 5.32 Å². The summed E-state index contributed by atoms with van der Waals surface area (Å²) in [6.45, 7) is 6.04. The van der Waals surface area contributed by atoms with Crippen LogP contribution < -0.4 is 5.32 Å². The van der Waals surface area contributed by atoms with Crippen molar-refractivity contribution in [3.05, 3.63) is 35.4 Å². The normalized spacial score (nSPS) is 16.7. The van der Waals surface area contributed by atoms with Crippen molar-refractivity contribution in [2.45, 2.75) is 39.3 Å². The predicted octanol–water partition coefficient (Wildman–Crippen LogP) is 2.55. The Kier molecular flexibility index (Phi) is 8.39. The van der Waals surface area contributed by atoms with Gasteiger partial charge in [-0.05, 0) is 37.6 Å². The van der Waals surface area contributed by atoms with Crippen molar-refractivity contribution in [3.63, 3.8) is 0 Å². The highest BCUT2D eigenvalue weighted by molar-refractivity contribution is 5.94. The molecule has 0 saturated carbocycles. The molecule has 1 heterocycles. The van der Waals surface area contributed by atoms with E-state index in [0.717, 1.165) is 37.1 Å². The summed E-state index contributed by atoms with van der Waals surface area (Å²) in [5.41, 5.74) is 1.76. The third-order valence-electron chi connectivity index (χ3n) is 4.57. The molecule has 1 atom stereocenters. The number of nitrogens with zero attached hydrogens (tertiary/aromatic N) is 2. The average molecular weight is 368 g/mol. The third kappa shape index (κ3) is 5.44. The Hall–Kier alpha value is -1.59. The van der Waals surface area contributed by atoms with Crippen LogP contribution in [0.4, 0.5) is 0 Å². The molecule has 0 radical (unpaired) electrons. The van der Waals surface area contributed by atoms with E-state index in [9.17, 15) is 9.59 Å². The average Bonchev–Trinajstić information content (AvgIpc) is 3.02. The molecular formula is C19H30ClN3O2. The topological polar surface area (TPSA) is 52.7 Å². The molecule has 140 valence electrons. The molecule has 5 nitrogen and oxygen atoms in total. The Morgan fingerprint density at radius 2 is 1.92 bits per heavy atom. The van der Waals surface area contributed by atoms with Crippen molar-refractivity contribution < 1.29 is 9.59 Å². The largest absolute Gasteiger partial charge is 0.341 e. The number of nitrogens with one attached hydrogen (secondary N) is 1. The minimum atomic E-state index is -0.00451. The lowest BCUT2D eigenvalue weighted by molar-refractivity contribution is -0.133. The Morgan fingerprint density at radius 1 is 1.28 bits per heavy atom. The molecule has 2 amide bonds. The summed E-state index contributed by atoms with van der Waals surface area (Å²) >= 11 is 0. The molecule has 1 aromatic carbocycles. The zero-order chi connectivity index (χ0) is 17.7. The molecule has 1 aliphatic rings. The van der Waals surface area contributed by atoms with Crippen LogP contribution in [-0.2, 0) is 11.3 Å². The van der Waals surface area contributed by atoms with Gasteiger partial charge in [0.1, 0.15) is 0 Å². The Labute approximate surface area is 157 Å². The highest BCUT2D eigenvalue weighted by atomic mass is 35.5. The smallest absolute Gasteiger partial charge is 0.254 e. The molecule has 6 heteroatoms. The van der Waals surface area contributed by atoms with Gasteiger partial charge in [-0.15, -0.1) is 12.4 Å². The molecule has 1 aliphatic heterocycles. The lowest BCUT2D eigenvalue weighted by Crippen LogP contribution is -2.40. The van der Waals surface area contributed by atoms with Gasteiger partial charge in [0.25, 0.3) is 5.91 Å². The van der Waals surface area contributed by atoms with Crippen LogP contribution in [-0.4, -0.2) is 54.8 Å². The molecule has 0 bridgehead atoms. The second-order valence-corrected chi connectivity index (χ2v) is 6.90. The lowest BCUT2D eigenvalue weighted by atomic mass is 10.1. The molecule has 2 rings (SSSR count). The van der Waals surface area contributed by atoms with Crippen molar-refractivity contribution in [2.24, 2.45) is 5.92 Å². The molecule has 25 heavy (non-hydrogen) atoms. The summed E-state index contributed by atoms with van der Waals surface area (Å²) in [6.07, 6.45) is 2.13. The molecule has 0 spiro atoms. The van der Waals surface area contributed by atoms with Gasteiger partial charge in [0, 0.05) is 44.2 Å². The van der Waals surface area contributed by atoms with Gasteiger partial charge in [-0.25, -0.2) is 0 Å². The van der Waals surface area contributed by atoms with E-state index in [4.69, 9.17) is 0 Å². The fraction of sp³-hybridized carbons (Fsp3) is 0.579. The lowest BCUT2D eigenvalue weighted by Gasteiger charge is -2.25. The van der Waals surface area contributed by atoms with Crippen LogP contribution in [0.15, 0.2) is 24.3 Å². The van der Waals surface area contributed by atoms with Crippen LogP contribution in [0.3, 0.4) is 0 Å². The van der Waals surface area contributed by atoms with Crippen LogP contribution in [0.5, 0.6) is 0 Å². The summed E-state index contributed by atoms with van der Waals surface area (Å²) in [6, 6.07) is 7.93. The fourth-order valence-corrected chi connectivity index (χ4v) is 3.26. The molecule has 0 aliphatic carbocycles. The summed E-state index contributed by atoms with van der Waals surface area (Å²) in [4.78, 5) is 28.3. The van der Waals surface area contributed by atoms with E-state index < -0.39 is 0 Å². The first kappa shape index (κ1) is 21.5. The maximum atomic E-state index is 12.7. The van der Waals surface area contributed by atoms with Gasteiger partial charge < -0.3 is 15.1 Å². The van der Waals surface area contributed by atoms with Crippen LogP contribution in [0.1, 0.15) is 42.6 Å². The predicted molar refractivity (Wildman–Crippen MR) is 103 cm³/mol. The Balaban J connectivity index is 0.00000312. The van der Waals surface area contributed by atoms with Crippen LogP contribution >= 0.6 is 12.4 Å². The molecular weight excluding hydrogens is 338 g/mol. The number of hydrogen-bond donors (Lipinski definition) is 1. The third-order valence-corrected chi connectivity index (χ3v) is 4.57.